The molecule has 2 N–H and O–H groups in total. The number of aryl methyl sites for hydroxylation is 1. The largest absolute Gasteiger partial charge is 0.611 e. The van der Waals surface area contributed by atoms with E-state index in [0.717, 1.165) is 28.8 Å². The normalized spacial score (nSPS) is 23.8. The first-order valence-corrected chi connectivity index (χ1v) is 13.2. The summed E-state index contributed by atoms with van der Waals surface area (Å²) in [5.41, 5.74) is -1.87. The first kappa shape index (κ1) is 26.1. The number of nitrogens with zero attached hydrogens (tertiary/aromatic N) is 3. The molecule has 10 nitrogen and oxygen atoms in total. The van der Waals surface area contributed by atoms with Crippen molar-refractivity contribution in [2.75, 3.05) is 31.0 Å². The van der Waals surface area contributed by atoms with Crippen LogP contribution in [0.4, 0.5) is 13.2 Å². The summed E-state index contributed by atoms with van der Waals surface area (Å²) in [4.78, 5) is 38.0. The average molecular weight is 547 g/mol. The third-order valence-corrected chi connectivity index (χ3v) is 9.32. The first-order chi connectivity index (χ1) is 15.5. The Balaban J connectivity index is 1.77. The molecule has 0 aliphatic carbocycles. The molecular formula is C16H17F3N4O6S4. The lowest BCUT2D eigenvalue weighted by molar-refractivity contribution is -0.192. The van der Waals surface area contributed by atoms with Gasteiger partial charge in [0.1, 0.15) is 16.1 Å². The number of carboxylic acid groups (broad SMARTS) is 1. The van der Waals surface area contributed by atoms with Gasteiger partial charge in [-0.3, -0.25) is 14.5 Å². The van der Waals surface area contributed by atoms with Gasteiger partial charge >= 0.3 is 11.2 Å². The number of ether oxygens (including phenoxy) is 1. The molecule has 3 atom stereocenters. The highest BCUT2D eigenvalue weighted by atomic mass is 32.2. The van der Waals surface area contributed by atoms with E-state index in [1.165, 1.54) is 23.1 Å². The number of nitrogens with one attached hydrogen (secondary N) is 1. The zero-order valence-electron chi connectivity index (χ0n) is 17.0. The van der Waals surface area contributed by atoms with Gasteiger partial charge in [0.25, 0.3) is 17.5 Å². The Bertz CT molecular complexity index is 995. The molecule has 0 spiro atoms. The minimum atomic E-state index is -4.22. The third kappa shape index (κ3) is 4.97. The van der Waals surface area contributed by atoms with Crippen LogP contribution in [0.5, 0.6) is 0 Å². The summed E-state index contributed by atoms with van der Waals surface area (Å²) in [6.45, 7) is -0.436. The second-order valence-corrected chi connectivity index (χ2v) is 11.8. The third-order valence-electron chi connectivity index (χ3n) is 4.59. The summed E-state index contributed by atoms with van der Waals surface area (Å²) < 4.78 is 56.1. The Hall–Kier alpha value is -1.53. The molecule has 0 aromatic carbocycles. The molecule has 17 heteroatoms. The quantitative estimate of drug-likeness (QED) is 0.188. The van der Waals surface area contributed by atoms with Gasteiger partial charge in [-0.05, 0) is 12.5 Å². The topological polar surface area (TPSA) is 145 Å². The summed E-state index contributed by atoms with van der Waals surface area (Å²) >= 11 is 0.539. The minimum Gasteiger partial charge on any atom is -0.611 e. The van der Waals surface area contributed by atoms with Crippen LogP contribution in [-0.2, 0) is 30.3 Å². The van der Waals surface area contributed by atoms with Gasteiger partial charge in [-0.25, -0.2) is 9.18 Å². The highest BCUT2D eigenvalue weighted by molar-refractivity contribution is 8.01. The van der Waals surface area contributed by atoms with E-state index in [4.69, 9.17) is 4.74 Å². The zero-order chi connectivity index (χ0) is 24.6. The highest BCUT2D eigenvalue weighted by Gasteiger charge is 2.67. The van der Waals surface area contributed by atoms with E-state index >= 15 is 0 Å². The van der Waals surface area contributed by atoms with Crippen LogP contribution < -0.4 is 5.32 Å². The molecule has 2 aliphatic rings. The standard InChI is InChI=1S/C16H17F3N4O6S4/c1-7-21-22-14(32-7)31-4-8-3-30-13-16(29-2,12(27)23(13)10(8)11(25)26)20-9(24)5-33(28)15(18,19)6-17/h13H,3-6H2,1-2H3,(H,20,24)(H,25,26)/t13-,16-,33?/m0/s1. The predicted molar refractivity (Wildman–Crippen MR) is 115 cm³/mol. The number of carboxylic acids is 1. The summed E-state index contributed by atoms with van der Waals surface area (Å²) in [6.07, 6.45) is 0. The first-order valence-electron chi connectivity index (χ1n) is 8.98. The predicted octanol–water partition coefficient (Wildman–Crippen LogP) is 0.962. The molecule has 1 unspecified atom stereocenters. The van der Waals surface area contributed by atoms with Gasteiger partial charge in [0.2, 0.25) is 6.67 Å². The summed E-state index contributed by atoms with van der Waals surface area (Å²) in [5.74, 6) is -4.39. The van der Waals surface area contributed by atoms with Crippen LogP contribution in [0.15, 0.2) is 15.6 Å². The molecule has 1 fully saturated rings. The fourth-order valence-electron chi connectivity index (χ4n) is 3.07. The van der Waals surface area contributed by atoms with E-state index in [2.05, 4.69) is 15.5 Å². The molecule has 0 radical (unpaired) electrons. The van der Waals surface area contributed by atoms with E-state index in [1.54, 1.807) is 6.92 Å². The summed E-state index contributed by atoms with van der Waals surface area (Å²) in [6, 6.07) is 0. The molecule has 0 bridgehead atoms. The maximum atomic E-state index is 13.2. The summed E-state index contributed by atoms with van der Waals surface area (Å²) in [5, 5.41) is 15.2. The van der Waals surface area contributed by atoms with Crippen LogP contribution >= 0.6 is 34.9 Å². The zero-order valence-corrected chi connectivity index (χ0v) is 20.3. The van der Waals surface area contributed by atoms with Crippen molar-refractivity contribution in [1.82, 2.24) is 20.4 Å². The van der Waals surface area contributed by atoms with Gasteiger partial charge in [0.15, 0.2) is 10.1 Å². The SMILES string of the molecule is CO[C@@]1(NC(=O)C[S+]([O-])C(F)(F)CF)C(=O)N2C(C(=O)O)=C(CSc3nnc(C)s3)CS[C@H]21. The number of alkyl halides is 3. The van der Waals surface area contributed by atoms with Crippen molar-refractivity contribution in [3.05, 3.63) is 16.3 Å². The number of halogens is 3. The smallest absolute Gasteiger partial charge is 0.435 e. The molecule has 1 saturated heterocycles. The van der Waals surface area contributed by atoms with Gasteiger partial charge in [-0.2, -0.15) is 8.78 Å². The number of carbonyl (C=O) groups is 3. The Kier molecular flexibility index (Phi) is 7.89. The van der Waals surface area contributed by atoms with Gasteiger partial charge in [0.05, 0.1) is 0 Å². The number of aromatic nitrogens is 2. The Morgan fingerprint density at radius 1 is 1.48 bits per heavy atom. The Morgan fingerprint density at radius 2 is 2.18 bits per heavy atom. The van der Waals surface area contributed by atoms with E-state index in [9.17, 15) is 37.2 Å². The van der Waals surface area contributed by atoms with E-state index in [1.807, 2.05) is 0 Å². The van der Waals surface area contributed by atoms with Crippen molar-refractivity contribution >= 4 is 63.8 Å². The van der Waals surface area contributed by atoms with Gasteiger partial charge in [-0.1, -0.05) is 23.1 Å². The molecule has 0 saturated carbocycles. The van der Waals surface area contributed by atoms with Crippen molar-refractivity contribution in [2.45, 2.75) is 27.6 Å². The van der Waals surface area contributed by atoms with E-state index < -0.39 is 57.7 Å². The molecule has 2 amide bonds. The number of methoxy groups -OCH3 is 1. The van der Waals surface area contributed by atoms with Gasteiger partial charge < -0.3 is 19.7 Å². The second-order valence-electron chi connectivity index (χ2n) is 6.72. The lowest BCUT2D eigenvalue weighted by Gasteiger charge is -2.55. The van der Waals surface area contributed by atoms with Crippen LogP contribution in [0.3, 0.4) is 0 Å². The number of aliphatic carboxylic acids is 1. The average Bonchev–Trinajstić information content (AvgIpc) is 3.19. The van der Waals surface area contributed by atoms with Crippen molar-refractivity contribution in [1.29, 1.82) is 0 Å². The Labute approximate surface area is 200 Å². The number of fused-ring (bicyclic) bond motifs is 1. The lowest BCUT2D eigenvalue weighted by Crippen LogP contribution is -2.81. The van der Waals surface area contributed by atoms with Crippen LogP contribution in [0, 0.1) is 6.92 Å². The van der Waals surface area contributed by atoms with Crippen molar-refractivity contribution in [2.24, 2.45) is 0 Å². The van der Waals surface area contributed by atoms with Crippen molar-refractivity contribution in [3.63, 3.8) is 0 Å². The number of amides is 2. The minimum absolute atomic E-state index is 0.174. The van der Waals surface area contributed by atoms with Gasteiger partial charge in [0, 0.05) is 29.8 Å². The number of rotatable bonds is 10. The lowest BCUT2D eigenvalue weighted by atomic mass is 9.98. The van der Waals surface area contributed by atoms with Crippen molar-refractivity contribution < 1.29 is 42.0 Å². The monoisotopic (exact) mass is 546 g/mol. The second kappa shape index (κ2) is 9.99. The molecule has 2 aliphatic heterocycles. The number of β-lactam (4-membered cyclic amide) rings is 1. The number of hydrogen-bond donors (Lipinski definition) is 2. The van der Waals surface area contributed by atoms with Crippen molar-refractivity contribution in [3.8, 4) is 0 Å². The van der Waals surface area contributed by atoms with Crippen LogP contribution in [0.25, 0.3) is 0 Å². The summed E-state index contributed by atoms with van der Waals surface area (Å²) in [7, 11) is 1.08. The number of carbonyl (C=O) groups excluding carboxylic acids is 2. The van der Waals surface area contributed by atoms with Crippen LogP contribution in [0.2, 0.25) is 0 Å². The highest BCUT2D eigenvalue weighted by Crippen LogP contribution is 2.47. The van der Waals surface area contributed by atoms with Crippen LogP contribution in [0.1, 0.15) is 5.01 Å². The molecule has 3 rings (SSSR count). The van der Waals surface area contributed by atoms with Gasteiger partial charge in [-0.15, -0.1) is 22.0 Å². The van der Waals surface area contributed by atoms with E-state index in [-0.39, 0.29) is 17.2 Å². The number of hydrogen-bond acceptors (Lipinski definition) is 10. The molecular weight excluding hydrogens is 529 g/mol. The molecule has 182 valence electrons. The fraction of sp³-hybridized carbons (Fsp3) is 0.562. The Morgan fingerprint density at radius 3 is 2.73 bits per heavy atom. The van der Waals surface area contributed by atoms with E-state index in [0.29, 0.717) is 9.91 Å². The maximum Gasteiger partial charge on any atom is 0.435 e. The molecule has 33 heavy (non-hydrogen) atoms. The molecule has 1 aromatic rings. The van der Waals surface area contributed by atoms with Crippen LogP contribution in [-0.4, -0.2) is 89.9 Å². The molecule has 1 aromatic heterocycles. The number of thioether (sulfide) groups is 2. The molecule has 3 heterocycles. The maximum absolute atomic E-state index is 13.2. The fourth-order valence-corrected chi connectivity index (χ4v) is 7.11.